The quantitative estimate of drug-likeness (QED) is 0.789. The van der Waals surface area contributed by atoms with Crippen LogP contribution in [0.4, 0.5) is 4.39 Å². The van der Waals surface area contributed by atoms with Crippen molar-refractivity contribution >= 4 is 5.65 Å². The summed E-state index contributed by atoms with van der Waals surface area (Å²) in [6, 6.07) is 10.1. The van der Waals surface area contributed by atoms with Crippen LogP contribution in [0.5, 0.6) is 0 Å². The molecule has 1 aliphatic heterocycles. The van der Waals surface area contributed by atoms with Gasteiger partial charge in [0.15, 0.2) is 11.5 Å². The molecule has 0 saturated carbocycles. The zero-order chi connectivity index (χ0) is 14.9. The van der Waals surface area contributed by atoms with Gasteiger partial charge in [0.25, 0.3) is 0 Å². The molecular weight excluding hydrogens is 281 g/mol. The van der Waals surface area contributed by atoms with Crippen LogP contribution in [0.15, 0.2) is 36.4 Å². The fraction of sp³-hybridized carbons (Fsp3) is 0.312. The number of piperidine rings is 1. The fourth-order valence-corrected chi connectivity index (χ4v) is 2.91. The van der Waals surface area contributed by atoms with Gasteiger partial charge in [0.05, 0.1) is 5.69 Å². The molecule has 112 valence electrons. The Bertz CT molecular complexity index is 790. The molecule has 1 fully saturated rings. The van der Waals surface area contributed by atoms with Crippen molar-refractivity contribution < 1.29 is 4.39 Å². The van der Waals surface area contributed by atoms with E-state index in [0.29, 0.717) is 5.92 Å². The minimum atomic E-state index is -0.247. The minimum absolute atomic E-state index is 0.247. The zero-order valence-corrected chi connectivity index (χ0v) is 12.0. The third kappa shape index (κ3) is 2.35. The number of halogens is 1. The number of aromatic nitrogens is 4. The second-order valence-electron chi connectivity index (χ2n) is 5.60. The van der Waals surface area contributed by atoms with Crippen molar-refractivity contribution in [3.8, 4) is 11.3 Å². The number of nitrogens with zero attached hydrogens (tertiary/aromatic N) is 4. The molecule has 0 aliphatic carbocycles. The van der Waals surface area contributed by atoms with Crippen LogP contribution in [-0.2, 0) is 0 Å². The van der Waals surface area contributed by atoms with Gasteiger partial charge in [-0.25, -0.2) is 4.39 Å². The van der Waals surface area contributed by atoms with Gasteiger partial charge in [0.1, 0.15) is 5.82 Å². The Morgan fingerprint density at radius 2 is 1.95 bits per heavy atom. The molecule has 5 nitrogen and oxygen atoms in total. The van der Waals surface area contributed by atoms with Crippen molar-refractivity contribution in [1.29, 1.82) is 0 Å². The molecule has 0 amide bonds. The standard InChI is InChI=1S/C16H16FN5/c17-13-5-3-11(4-6-13)14-7-8-15-19-20-16(22(15)21-14)12-2-1-9-18-10-12/h3-8,12,18H,1-2,9-10H2/t12-/m1/s1. The van der Waals surface area contributed by atoms with Gasteiger partial charge in [0, 0.05) is 18.0 Å². The van der Waals surface area contributed by atoms with E-state index in [9.17, 15) is 4.39 Å². The summed E-state index contributed by atoms with van der Waals surface area (Å²) in [5.41, 5.74) is 2.41. The minimum Gasteiger partial charge on any atom is -0.316 e. The highest BCUT2D eigenvalue weighted by atomic mass is 19.1. The SMILES string of the molecule is Fc1ccc(-c2ccc3nnc([C@@H]4CCCNC4)n3n2)cc1. The predicted molar refractivity (Wildman–Crippen MR) is 81.0 cm³/mol. The van der Waals surface area contributed by atoms with E-state index >= 15 is 0 Å². The van der Waals surface area contributed by atoms with E-state index in [1.807, 2.05) is 16.6 Å². The summed E-state index contributed by atoms with van der Waals surface area (Å²) in [5.74, 6) is 0.981. The fourth-order valence-electron chi connectivity index (χ4n) is 2.91. The van der Waals surface area contributed by atoms with Crippen LogP contribution in [0, 0.1) is 5.82 Å². The van der Waals surface area contributed by atoms with Crippen LogP contribution in [0.2, 0.25) is 0 Å². The molecule has 0 radical (unpaired) electrons. The van der Waals surface area contributed by atoms with Crippen molar-refractivity contribution in [3.05, 3.63) is 48.0 Å². The van der Waals surface area contributed by atoms with Gasteiger partial charge in [-0.05, 0) is 55.8 Å². The summed E-state index contributed by atoms with van der Waals surface area (Å²) >= 11 is 0. The molecule has 4 rings (SSSR count). The second-order valence-corrected chi connectivity index (χ2v) is 5.60. The number of nitrogens with one attached hydrogen (secondary N) is 1. The summed E-state index contributed by atoms with van der Waals surface area (Å²) < 4.78 is 14.9. The Morgan fingerprint density at radius 3 is 2.73 bits per heavy atom. The first-order chi connectivity index (χ1) is 10.8. The highest BCUT2D eigenvalue weighted by Crippen LogP contribution is 2.23. The average molecular weight is 297 g/mol. The maximum Gasteiger partial charge on any atom is 0.177 e. The highest BCUT2D eigenvalue weighted by Gasteiger charge is 2.21. The lowest BCUT2D eigenvalue weighted by molar-refractivity contribution is 0.440. The number of hydrogen-bond donors (Lipinski definition) is 1. The molecule has 1 aliphatic rings. The van der Waals surface area contributed by atoms with Crippen LogP contribution in [0.1, 0.15) is 24.6 Å². The molecule has 1 atom stereocenters. The largest absolute Gasteiger partial charge is 0.316 e. The molecule has 3 aromatic rings. The molecule has 1 saturated heterocycles. The Balaban J connectivity index is 1.77. The van der Waals surface area contributed by atoms with E-state index in [1.165, 1.54) is 12.1 Å². The van der Waals surface area contributed by atoms with Crippen LogP contribution in [-0.4, -0.2) is 32.9 Å². The van der Waals surface area contributed by atoms with E-state index in [4.69, 9.17) is 0 Å². The van der Waals surface area contributed by atoms with E-state index in [-0.39, 0.29) is 5.82 Å². The van der Waals surface area contributed by atoms with Gasteiger partial charge in [0.2, 0.25) is 0 Å². The summed E-state index contributed by atoms with van der Waals surface area (Å²) in [6.45, 7) is 1.96. The number of rotatable bonds is 2. The number of fused-ring (bicyclic) bond motifs is 1. The lowest BCUT2D eigenvalue weighted by Crippen LogP contribution is -2.29. The summed E-state index contributed by atoms with van der Waals surface area (Å²) in [5, 5.41) is 16.6. The molecule has 1 aromatic carbocycles. The number of benzene rings is 1. The molecule has 0 spiro atoms. The van der Waals surface area contributed by atoms with Gasteiger partial charge in [-0.3, -0.25) is 0 Å². The van der Waals surface area contributed by atoms with Crippen molar-refractivity contribution in [2.45, 2.75) is 18.8 Å². The van der Waals surface area contributed by atoms with Crippen LogP contribution < -0.4 is 5.32 Å². The lowest BCUT2D eigenvalue weighted by atomic mass is 9.99. The number of hydrogen-bond acceptors (Lipinski definition) is 4. The Hall–Kier alpha value is -2.34. The third-order valence-electron chi connectivity index (χ3n) is 4.09. The van der Waals surface area contributed by atoms with Gasteiger partial charge in [-0.2, -0.15) is 9.61 Å². The molecule has 22 heavy (non-hydrogen) atoms. The first kappa shape index (κ1) is 13.3. The van der Waals surface area contributed by atoms with Gasteiger partial charge < -0.3 is 5.32 Å². The molecular formula is C16H16FN5. The Kier molecular flexibility index (Phi) is 3.31. The van der Waals surface area contributed by atoms with Crippen LogP contribution in [0.25, 0.3) is 16.9 Å². The van der Waals surface area contributed by atoms with Gasteiger partial charge in [-0.1, -0.05) is 0 Å². The van der Waals surface area contributed by atoms with Crippen molar-refractivity contribution in [2.24, 2.45) is 0 Å². The summed E-state index contributed by atoms with van der Waals surface area (Å²) in [7, 11) is 0. The van der Waals surface area contributed by atoms with Gasteiger partial charge in [-0.15, -0.1) is 10.2 Å². The monoisotopic (exact) mass is 297 g/mol. The van der Waals surface area contributed by atoms with Gasteiger partial charge >= 0.3 is 0 Å². The van der Waals surface area contributed by atoms with E-state index in [1.54, 1.807) is 12.1 Å². The van der Waals surface area contributed by atoms with Crippen LogP contribution >= 0.6 is 0 Å². The molecule has 1 N–H and O–H groups in total. The predicted octanol–water partition coefficient (Wildman–Crippen LogP) is 2.40. The topological polar surface area (TPSA) is 55.1 Å². The van der Waals surface area contributed by atoms with E-state index < -0.39 is 0 Å². The maximum absolute atomic E-state index is 13.1. The summed E-state index contributed by atoms with van der Waals surface area (Å²) in [6.07, 6.45) is 2.23. The molecule has 0 bridgehead atoms. The second kappa shape index (κ2) is 5.46. The van der Waals surface area contributed by atoms with E-state index in [2.05, 4.69) is 20.6 Å². The summed E-state index contributed by atoms with van der Waals surface area (Å²) in [4.78, 5) is 0. The Labute approximate surface area is 127 Å². The molecule has 6 heteroatoms. The van der Waals surface area contributed by atoms with E-state index in [0.717, 1.165) is 48.7 Å². The average Bonchev–Trinajstić information content (AvgIpc) is 2.99. The molecule has 3 heterocycles. The maximum atomic E-state index is 13.1. The smallest absolute Gasteiger partial charge is 0.177 e. The first-order valence-electron chi connectivity index (χ1n) is 7.50. The first-order valence-corrected chi connectivity index (χ1v) is 7.50. The van der Waals surface area contributed by atoms with Crippen molar-refractivity contribution in [3.63, 3.8) is 0 Å². The lowest BCUT2D eigenvalue weighted by Gasteiger charge is -2.20. The van der Waals surface area contributed by atoms with Crippen molar-refractivity contribution in [1.82, 2.24) is 25.1 Å². The molecule has 2 aromatic heterocycles. The Morgan fingerprint density at radius 1 is 1.09 bits per heavy atom. The third-order valence-corrected chi connectivity index (χ3v) is 4.09. The molecule has 0 unspecified atom stereocenters. The zero-order valence-electron chi connectivity index (χ0n) is 12.0. The normalized spacial score (nSPS) is 18.7. The van der Waals surface area contributed by atoms with Crippen molar-refractivity contribution in [2.75, 3.05) is 13.1 Å². The van der Waals surface area contributed by atoms with Crippen LogP contribution in [0.3, 0.4) is 0 Å². The highest BCUT2D eigenvalue weighted by molar-refractivity contribution is 5.60.